The van der Waals surface area contributed by atoms with E-state index in [9.17, 15) is 8.42 Å². The van der Waals surface area contributed by atoms with Crippen molar-refractivity contribution in [2.24, 2.45) is 0 Å². The van der Waals surface area contributed by atoms with Gasteiger partial charge < -0.3 is 9.47 Å². The van der Waals surface area contributed by atoms with Gasteiger partial charge in [-0.3, -0.25) is 0 Å². The third-order valence-corrected chi connectivity index (χ3v) is 4.80. The first kappa shape index (κ1) is 16.0. The fourth-order valence-corrected chi connectivity index (χ4v) is 3.38. The van der Waals surface area contributed by atoms with Gasteiger partial charge in [0.25, 0.3) is 16.0 Å². The smallest absolute Gasteiger partial charge is 0.319 e. The van der Waals surface area contributed by atoms with Gasteiger partial charge in [0.2, 0.25) is 5.65 Å². The lowest BCUT2D eigenvalue weighted by atomic mass is 10.2. The summed E-state index contributed by atoms with van der Waals surface area (Å²) in [5.74, 6) is 0.229. The third kappa shape index (κ3) is 2.71. The van der Waals surface area contributed by atoms with Crippen LogP contribution >= 0.6 is 0 Å². The zero-order valence-corrected chi connectivity index (χ0v) is 14.0. The van der Waals surface area contributed by atoms with Crippen molar-refractivity contribution in [1.82, 2.24) is 19.6 Å². The summed E-state index contributed by atoms with van der Waals surface area (Å²) in [5, 5.41) is 4.08. The van der Waals surface area contributed by atoms with Crippen LogP contribution in [0.3, 0.4) is 0 Å². The Morgan fingerprint density at radius 2 is 1.92 bits per heavy atom. The molecule has 2 heterocycles. The first-order chi connectivity index (χ1) is 11.5. The Morgan fingerprint density at radius 3 is 2.58 bits per heavy atom. The number of aromatic nitrogens is 4. The predicted molar refractivity (Wildman–Crippen MR) is 85.9 cm³/mol. The molecule has 0 unspecified atom stereocenters. The molecule has 10 heteroatoms. The maximum absolute atomic E-state index is 12.5. The summed E-state index contributed by atoms with van der Waals surface area (Å²) in [5.41, 5.74) is 0.900. The van der Waals surface area contributed by atoms with Crippen molar-refractivity contribution >= 4 is 21.6 Å². The molecule has 24 heavy (non-hydrogen) atoms. The lowest BCUT2D eigenvalue weighted by Gasteiger charge is -2.06. The third-order valence-electron chi connectivity index (χ3n) is 3.31. The van der Waals surface area contributed by atoms with Crippen LogP contribution in [-0.4, -0.2) is 42.2 Å². The first-order valence-corrected chi connectivity index (χ1v) is 8.37. The predicted octanol–water partition coefficient (Wildman–Crippen LogP) is 1.25. The SMILES string of the molecule is COc1cnc(OC)n2nc(NS(=O)(=O)c3ccccc3C)nc12. The Hall–Kier alpha value is -2.88. The molecule has 0 atom stereocenters. The summed E-state index contributed by atoms with van der Waals surface area (Å²) >= 11 is 0. The first-order valence-electron chi connectivity index (χ1n) is 6.88. The van der Waals surface area contributed by atoms with Gasteiger partial charge in [-0.2, -0.15) is 14.5 Å². The Kier molecular flexibility index (Phi) is 3.97. The highest BCUT2D eigenvalue weighted by atomic mass is 32.2. The summed E-state index contributed by atoms with van der Waals surface area (Å²) < 4.78 is 38.9. The molecule has 0 aliphatic carbocycles. The molecule has 3 aromatic rings. The van der Waals surface area contributed by atoms with Crippen LogP contribution in [0.5, 0.6) is 11.8 Å². The second-order valence-corrected chi connectivity index (χ2v) is 6.51. The number of methoxy groups -OCH3 is 2. The molecule has 2 aromatic heterocycles. The minimum absolute atomic E-state index is 0.108. The van der Waals surface area contributed by atoms with Crippen LogP contribution in [0.4, 0.5) is 5.95 Å². The molecule has 0 bridgehead atoms. The van der Waals surface area contributed by atoms with Gasteiger partial charge in [-0.1, -0.05) is 18.2 Å². The normalized spacial score (nSPS) is 11.5. The molecule has 126 valence electrons. The summed E-state index contributed by atoms with van der Waals surface area (Å²) in [6.07, 6.45) is 1.42. The van der Waals surface area contributed by atoms with E-state index in [0.717, 1.165) is 0 Å². The van der Waals surface area contributed by atoms with E-state index in [4.69, 9.17) is 9.47 Å². The Bertz CT molecular complexity index is 959. The molecule has 0 radical (unpaired) electrons. The van der Waals surface area contributed by atoms with Crippen molar-refractivity contribution in [3.8, 4) is 11.8 Å². The van der Waals surface area contributed by atoms with Crippen molar-refractivity contribution < 1.29 is 17.9 Å². The lowest BCUT2D eigenvalue weighted by molar-refractivity contribution is 0.359. The second-order valence-electron chi connectivity index (χ2n) is 4.86. The van der Waals surface area contributed by atoms with E-state index in [1.165, 1.54) is 31.0 Å². The number of anilines is 1. The maximum atomic E-state index is 12.5. The quantitative estimate of drug-likeness (QED) is 0.738. The monoisotopic (exact) mass is 349 g/mol. The number of nitrogens with one attached hydrogen (secondary N) is 1. The van der Waals surface area contributed by atoms with Crippen LogP contribution < -0.4 is 14.2 Å². The van der Waals surface area contributed by atoms with Gasteiger partial charge in [-0.05, 0) is 18.6 Å². The molecule has 9 nitrogen and oxygen atoms in total. The molecule has 1 N–H and O–H groups in total. The molecule has 0 aliphatic heterocycles. The molecule has 0 amide bonds. The van der Waals surface area contributed by atoms with Gasteiger partial charge in [0, 0.05) is 0 Å². The zero-order valence-electron chi connectivity index (χ0n) is 13.2. The fourth-order valence-electron chi connectivity index (χ4n) is 2.19. The number of fused-ring (bicyclic) bond motifs is 1. The fraction of sp³-hybridized carbons (Fsp3) is 0.214. The van der Waals surface area contributed by atoms with Crippen molar-refractivity contribution in [1.29, 1.82) is 0 Å². The standard InChI is InChI=1S/C14H15N5O4S/c1-9-6-4-5-7-11(9)24(20,21)18-13-16-12-10(22-2)8-15-14(23-3)19(12)17-13/h4-8H,1-3H3,(H,17,18). The molecule has 1 aromatic carbocycles. The zero-order chi connectivity index (χ0) is 17.3. The Labute approximate surface area is 138 Å². The number of sulfonamides is 1. The van der Waals surface area contributed by atoms with Crippen molar-refractivity contribution in [3.05, 3.63) is 36.0 Å². The van der Waals surface area contributed by atoms with E-state index >= 15 is 0 Å². The van der Waals surface area contributed by atoms with Crippen LogP contribution in [0.2, 0.25) is 0 Å². The van der Waals surface area contributed by atoms with Crippen LogP contribution in [0, 0.1) is 6.92 Å². The highest BCUT2D eigenvalue weighted by molar-refractivity contribution is 7.92. The van der Waals surface area contributed by atoms with E-state index in [1.807, 2.05) is 0 Å². The number of benzene rings is 1. The van der Waals surface area contributed by atoms with E-state index in [-0.39, 0.29) is 22.5 Å². The van der Waals surface area contributed by atoms with Crippen LogP contribution in [0.1, 0.15) is 5.56 Å². The van der Waals surface area contributed by atoms with Gasteiger partial charge in [0.15, 0.2) is 5.75 Å². The average Bonchev–Trinajstić information content (AvgIpc) is 2.96. The van der Waals surface area contributed by atoms with Gasteiger partial charge in [0.05, 0.1) is 25.3 Å². The molecule has 0 spiro atoms. The molecule has 0 saturated carbocycles. The summed E-state index contributed by atoms with van der Waals surface area (Å²) in [7, 11) is -0.944. The minimum atomic E-state index is -3.82. The van der Waals surface area contributed by atoms with Gasteiger partial charge in [0.1, 0.15) is 0 Å². The number of ether oxygens (including phenoxy) is 2. The Balaban J connectivity index is 2.06. The molecule has 0 saturated heterocycles. The highest BCUT2D eigenvalue weighted by Crippen LogP contribution is 2.23. The number of hydrogen-bond donors (Lipinski definition) is 1. The van der Waals surface area contributed by atoms with Gasteiger partial charge >= 0.3 is 6.01 Å². The number of hydrogen-bond acceptors (Lipinski definition) is 7. The van der Waals surface area contributed by atoms with Gasteiger partial charge in [-0.15, -0.1) is 5.10 Å². The molecule has 0 fully saturated rings. The van der Waals surface area contributed by atoms with E-state index in [0.29, 0.717) is 11.3 Å². The lowest BCUT2D eigenvalue weighted by Crippen LogP contribution is -2.15. The second kappa shape index (κ2) is 5.96. The van der Waals surface area contributed by atoms with E-state index < -0.39 is 10.0 Å². The summed E-state index contributed by atoms with van der Waals surface area (Å²) in [4.78, 5) is 8.32. The van der Waals surface area contributed by atoms with E-state index in [2.05, 4.69) is 19.8 Å². The largest absolute Gasteiger partial charge is 0.491 e. The van der Waals surface area contributed by atoms with Crippen LogP contribution in [0.15, 0.2) is 35.4 Å². The van der Waals surface area contributed by atoms with Crippen LogP contribution in [0.25, 0.3) is 5.65 Å². The topological polar surface area (TPSA) is 108 Å². The van der Waals surface area contributed by atoms with Crippen LogP contribution in [-0.2, 0) is 10.0 Å². The highest BCUT2D eigenvalue weighted by Gasteiger charge is 2.21. The maximum Gasteiger partial charge on any atom is 0.319 e. The summed E-state index contributed by atoms with van der Waals surface area (Å²) in [6, 6.07) is 6.78. The molecule has 0 aliphatic rings. The molecular formula is C14H15N5O4S. The van der Waals surface area contributed by atoms with E-state index in [1.54, 1.807) is 25.1 Å². The number of nitrogens with zero attached hydrogens (tertiary/aromatic N) is 4. The minimum Gasteiger partial charge on any atom is -0.491 e. The summed E-state index contributed by atoms with van der Waals surface area (Å²) in [6.45, 7) is 1.71. The number of rotatable bonds is 5. The number of aryl methyl sites for hydroxylation is 1. The Morgan fingerprint density at radius 1 is 1.17 bits per heavy atom. The van der Waals surface area contributed by atoms with Gasteiger partial charge in [-0.25, -0.2) is 13.1 Å². The van der Waals surface area contributed by atoms with Crippen molar-refractivity contribution in [2.45, 2.75) is 11.8 Å². The van der Waals surface area contributed by atoms with Crippen molar-refractivity contribution in [2.75, 3.05) is 18.9 Å². The molecular weight excluding hydrogens is 334 g/mol. The van der Waals surface area contributed by atoms with Crippen molar-refractivity contribution in [3.63, 3.8) is 0 Å². The average molecular weight is 349 g/mol. The molecule has 3 rings (SSSR count).